The molecule has 0 saturated carbocycles. The molecule has 1 aromatic heterocycles. The van der Waals surface area contributed by atoms with Crippen molar-refractivity contribution >= 4 is 33.4 Å². The maximum Gasteiger partial charge on any atom is 0.412 e. The Morgan fingerprint density at radius 3 is 2.63 bits per heavy atom. The molecule has 9 heteroatoms. The number of nitrogens with one attached hydrogen (secondary N) is 1. The number of ether oxygens (including phenoxy) is 1. The second-order valence-electron chi connectivity index (χ2n) is 4.51. The summed E-state index contributed by atoms with van der Waals surface area (Å²) in [5.41, 5.74) is -2.06. The Morgan fingerprint density at radius 1 is 1.58 bits per heavy atom. The summed E-state index contributed by atoms with van der Waals surface area (Å²) in [5, 5.41) is 12.8. The Labute approximate surface area is 116 Å². The predicted molar refractivity (Wildman–Crippen MR) is 68.4 cm³/mol. The van der Waals surface area contributed by atoms with Gasteiger partial charge in [-0.05, 0) is 36.7 Å². The minimum absolute atomic E-state index is 0.246. The minimum atomic E-state index is -1.04. The number of amides is 1. The zero-order chi connectivity index (χ0) is 14.8. The van der Waals surface area contributed by atoms with Gasteiger partial charge in [0.05, 0.1) is 4.92 Å². The summed E-state index contributed by atoms with van der Waals surface area (Å²) in [6, 6.07) is 0. The fourth-order valence-electron chi connectivity index (χ4n) is 1.12. The first kappa shape index (κ1) is 15.3. The molecule has 0 atom stereocenters. The van der Waals surface area contributed by atoms with Gasteiger partial charge in [0, 0.05) is 0 Å². The number of pyridine rings is 1. The standard InChI is InChI=1S/C10H11BrFN3O4/c1-10(2,3)19-9(16)14-7-5(15(17)18)4-13-8(11)6(7)12/h4H,1-3H3,(H,13,14,16). The van der Waals surface area contributed by atoms with Gasteiger partial charge in [-0.2, -0.15) is 0 Å². The molecule has 0 bridgehead atoms. The third-order valence-electron chi connectivity index (χ3n) is 1.78. The molecule has 7 nitrogen and oxygen atoms in total. The molecule has 0 unspecified atom stereocenters. The second-order valence-corrected chi connectivity index (χ2v) is 5.26. The Hall–Kier alpha value is -1.77. The lowest BCUT2D eigenvalue weighted by atomic mass is 10.2. The fourth-order valence-corrected chi connectivity index (χ4v) is 1.42. The van der Waals surface area contributed by atoms with E-state index in [2.05, 4.69) is 20.9 Å². The normalized spacial score (nSPS) is 11.0. The van der Waals surface area contributed by atoms with Gasteiger partial charge in [0.1, 0.15) is 16.4 Å². The van der Waals surface area contributed by atoms with Crippen molar-refractivity contribution in [2.75, 3.05) is 5.32 Å². The SMILES string of the molecule is CC(C)(C)OC(=O)Nc1c([N+](=O)[O-])cnc(Br)c1F. The Bertz CT molecular complexity index is 530. The highest BCUT2D eigenvalue weighted by Gasteiger charge is 2.25. The van der Waals surface area contributed by atoms with Crippen LogP contribution in [0.2, 0.25) is 0 Å². The molecule has 1 rings (SSSR count). The van der Waals surface area contributed by atoms with E-state index in [-0.39, 0.29) is 4.60 Å². The third kappa shape index (κ3) is 4.12. The first-order chi connectivity index (χ1) is 8.61. The summed E-state index contributed by atoms with van der Waals surface area (Å²) in [6.07, 6.45) is -0.160. The third-order valence-corrected chi connectivity index (χ3v) is 2.33. The van der Waals surface area contributed by atoms with Crippen LogP contribution < -0.4 is 5.32 Å². The molecule has 0 aromatic carbocycles. The van der Waals surface area contributed by atoms with E-state index in [1.165, 1.54) is 0 Å². The Balaban J connectivity index is 3.09. The fraction of sp³-hybridized carbons (Fsp3) is 0.400. The monoisotopic (exact) mass is 335 g/mol. The van der Waals surface area contributed by atoms with Gasteiger partial charge in [-0.3, -0.25) is 15.4 Å². The van der Waals surface area contributed by atoms with Gasteiger partial charge >= 0.3 is 11.8 Å². The number of halogens is 2. The zero-order valence-corrected chi connectivity index (χ0v) is 11.9. The van der Waals surface area contributed by atoms with Gasteiger partial charge in [0.15, 0.2) is 11.5 Å². The van der Waals surface area contributed by atoms with Gasteiger partial charge in [0.2, 0.25) is 0 Å². The van der Waals surface area contributed by atoms with Crippen molar-refractivity contribution < 1.29 is 18.8 Å². The van der Waals surface area contributed by atoms with E-state index in [4.69, 9.17) is 4.74 Å². The van der Waals surface area contributed by atoms with E-state index in [1.54, 1.807) is 20.8 Å². The van der Waals surface area contributed by atoms with Crippen LogP contribution in [0, 0.1) is 15.9 Å². The van der Waals surface area contributed by atoms with E-state index in [1.807, 2.05) is 5.32 Å². The van der Waals surface area contributed by atoms with Crippen molar-refractivity contribution in [3.05, 3.63) is 26.7 Å². The van der Waals surface area contributed by atoms with Crippen molar-refractivity contribution in [3.8, 4) is 0 Å². The van der Waals surface area contributed by atoms with Gasteiger partial charge < -0.3 is 4.74 Å². The van der Waals surface area contributed by atoms with Crippen LogP contribution >= 0.6 is 15.9 Å². The quantitative estimate of drug-likeness (QED) is 0.508. The number of hydrogen-bond donors (Lipinski definition) is 1. The average Bonchev–Trinajstić information content (AvgIpc) is 2.21. The number of nitro groups is 1. The maximum absolute atomic E-state index is 13.7. The number of rotatable bonds is 2. The topological polar surface area (TPSA) is 94.4 Å². The Morgan fingerprint density at radius 2 is 2.16 bits per heavy atom. The van der Waals surface area contributed by atoms with Crippen LogP contribution in [0.25, 0.3) is 0 Å². The lowest BCUT2D eigenvalue weighted by molar-refractivity contribution is -0.384. The molecule has 1 amide bonds. The van der Waals surface area contributed by atoms with Crippen molar-refractivity contribution in [1.29, 1.82) is 0 Å². The highest BCUT2D eigenvalue weighted by atomic mass is 79.9. The lowest BCUT2D eigenvalue weighted by Crippen LogP contribution is -2.27. The summed E-state index contributed by atoms with van der Waals surface area (Å²) >= 11 is 2.78. The van der Waals surface area contributed by atoms with Crippen LogP contribution in [0.4, 0.5) is 20.6 Å². The summed E-state index contributed by atoms with van der Waals surface area (Å²) < 4.78 is 18.4. The molecule has 104 valence electrons. The van der Waals surface area contributed by atoms with E-state index >= 15 is 0 Å². The smallest absolute Gasteiger partial charge is 0.412 e. The minimum Gasteiger partial charge on any atom is -0.444 e. The van der Waals surface area contributed by atoms with Gasteiger partial charge in [-0.25, -0.2) is 14.2 Å². The molecule has 0 aliphatic rings. The van der Waals surface area contributed by atoms with Crippen molar-refractivity contribution in [2.45, 2.75) is 26.4 Å². The van der Waals surface area contributed by atoms with Crippen molar-refractivity contribution in [3.63, 3.8) is 0 Å². The van der Waals surface area contributed by atoms with Crippen LogP contribution in [-0.2, 0) is 4.74 Å². The molecule has 1 aromatic rings. The maximum atomic E-state index is 13.7. The lowest BCUT2D eigenvalue weighted by Gasteiger charge is -2.19. The molecule has 19 heavy (non-hydrogen) atoms. The van der Waals surface area contributed by atoms with Crippen molar-refractivity contribution in [1.82, 2.24) is 4.98 Å². The molecular weight excluding hydrogens is 325 g/mol. The largest absolute Gasteiger partial charge is 0.444 e. The summed E-state index contributed by atoms with van der Waals surface area (Å²) in [7, 11) is 0. The first-order valence-electron chi connectivity index (χ1n) is 5.10. The molecule has 1 N–H and O–H groups in total. The average molecular weight is 336 g/mol. The van der Waals surface area contributed by atoms with Crippen LogP contribution in [0.15, 0.2) is 10.8 Å². The highest BCUT2D eigenvalue weighted by Crippen LogP contribution is 2.30. The second kappa shape index (κ2) is 5.47. The number of hydrogen-bond acceptors (Lipinski definition) is 5. The Kier molecular flexibility index (Phi) is 4.40. The molecule has 0 fully saturated rings. The number of carbonyl (C=O) groups is 1. The van der Waals surface area contributed by atoms with Crippen LogP contribution in [0.5, 0.6) is 0 Å². The molecule has 0 aliphatic heterocycles. The van der Waals surface area contributed by atoms with E-state index in [0.717, 1.165) is 6.20 Å². The van der Waals surface area contributed by atoms with Crippen LogP contribution in [-0.4, -0.2) is 21.6 Å². The van der Waals surface area contributed by atoms with Gasteiger partial charge in [0.25, 0.3) is 0 Å². The summed E-state index contributed by atoms with van der Waals surface area (Å²) in [5.74, 6) is -1.04. The number of nitrogens with zero attached hydrogens (tertiary/aromatic N) is 2. The number of aromatic nitrogens is 1. The zero-order valence-electron chi connectivity index (χ0n) is 10.4. The van der Waals surface area contributed by atoms with Gasteiger partial charge in [-0.15, -0.1) is 0 Å². The van der Waals surface area contributed by atoms with Crippen molar-refractivity contribution in [2.24, 2.45) is 0 Å². The van der Waals surface area contributed by atoms with E-state index in [0.29, 0.717) is 0 Å². The molecule has 0 spiro atoms. The number of anilines is 1. The van der Waals surface area contributed by atoms with E-state index in [9.17, 15) is 19.3 Å². The van der Waals surface area contributed by atoms with Crippen LogP contribution in [0.3, 0.4) is 0 Å². The van der Waals surface area contributed by atoms with Gasteiger partial charge in [-0.1, -0.05) is 0 Å². The number of carbonyl (C=O) groups excluding carboxylic acids is 1. The summed E-state index contributed by atoms with van der Waals surface area (Å²) in [6.45, 7) is 4.83. The molecule has 1 heterocycles. The summed E-state index contributed by atoms with van der Waals surface area (Å²) in [4.78, 5) is 24.8. The molecular formula is C10H11BrFN3O4. The molecule has 0 saturated heterocycles. The highest BCUT2D eigenvalue weighted by molar-refractivity contribution is 9.10. The molecule has 0 aliphatic carbocycles. The first-order valence-corrected chi connectivity index (χ1v) is 5.89. The van der Waals surface area contributed by atoms with Crippen LogP contribution in [0.1, 0.15) is 20.8 Å². The molecule has 0 radical (unpaired) electrons. The predicted octanol–water partition coefficient (Wildman–Crippen LogP) is 3.24. The van der Waals surface area contributed by atoms with E-state index < -0.39 is 33.8 Å².